The zero-order valence-corrected chi connectivity index (χ0v) is 17.3. The van der Waals surface area contributed by atoms with Crippen LogP contribution in [0.25, 0.3) is 11.0 Å². The number of fused-ring (bicyclic) bond motifs is 1. The minimum Gasteiger partial charge on any atom is -0.333 e. The summed E-state index contributed by atoms with van der Waals surface area (Å²) in [4.78, 5) is 28.8. The number of amides is 3. The van der Waals surface area contributed by atoms with Crippen LogP contribution in [0.4, 0.5) is 4.79 Å². The van der Waals surface area contributed by atoms with Crippen molar-refractivity contribution in [3.05, 3.63) is 23.2 Å². The Morgan fingerprint density at radius 1 is 1.35 bits per heavy atom. The molecule has 0 aliphatic carbocycles. The quantitative estimate of drug-likeness (QED) is 0.742. The molecule has 6 nitrogen and oxygen atoms in total. The number of imidazole rings is 1. The van der Waals surface area contributed by atoms with E-state index < -0.39 is 16.8 Å². The Morgan fingerprint density at radius 3 is 2.65 bits per heavy atom. The first-order valence-corrected chi connectivity index (χ1v) is 9.82. The van der Waals surface area contributed by atoms with Crippen LogP contribution in [-0.2, 0) is 11.3 Å². The fourth-order valence-electron chi connectivity index (χ4n) is 2.41. The molecule has 0 aliphatic heterocycles. The van der Waals surface area contributed by atoms with E-state index in [9.17, 15) is 9.59 Å². The van der Waals surface area contributed by atoms with Crippen LogP contribution < -0.4 is 10.6 Å². The van der Waals surface area contributed by atoms with Gasteiger partial charge in [-0.2, -0.15) is 0 Å². The van der Waals surface area contributed by atoms with Crippen LogP contribution in [-0.4, -0.2) is 32.3 Å². The largest absolute Gasteiger partial charge is 0.333 e. The number of nitrogens with one attached hydrogen (secondary N) is 2. The highest BCUT2D eigenvalue weighted by Crippen LogP contribution is 2.29. The smallest absolute Gasteiger partial charge is 0.321 e. The zero-order valence-electron chi connectivity index (χ0n) is 15.7. The highest BCUT2D eigenvalue weighted by atomic mass is 35.5. The second-order valence-corrected chi connectivity index (χ2v) is 8.88. The van der Waals surface area contributed by atoms with Crippen LogP contribution >= 0.6 is 23.4 Å². The van der Waals surface area contributed by atoms with E-state index in [-0.39, 0.29) is 5.91 Å². The van der Waals surface area contributed by atoms with Crippen molar-refractivity contribution in [1.82, 2.24) is 20.2 Å². The number of thioether (sulfide) groups is 1. The van der Waals surface area contributed by atoms with Crippen LogP contribution in [0.2, 0.25) is 5.02 Å². The predicted molar refractivity (Wildman–Crippen MR) is 107 cm³/mol. The number of nitrogens with zero attached hydrogens (tertiary/aromatic N) is 2. The van der Waals surface area contributed by atoms with Crippen molar-refractivity contribution < 1.29 is 9.59 Å². The van der Waals surface area contributed by atoms with Gasteiger partial charge in [-0.05, 0) is 52.3 Å². The third-order valence-corrected chi connectivity index (χ3v) is 4.82. The van der Waals surface area contributed by atoms with Crippen molar-refractivity contribution in [2.45, 2.75) is 63.5 Å². The first kappa shape index (κ1) is 20.6. The summed E-state index contributed by atoms with van der Waals surface area (Å²) >= 11 is 7.39. The van der Waals surface area contributed by atoms with Crippen molar-refractivity contribution in [2.75, 3.05) is 0 Å². The number of urea groups is 1. The van der Waals surface area contributed by atoms with E-state index in [0.29, 0.717) is 5.02 Å². The summed E-state index contributed by atoms with van der Waals surface area (Å²) in [7, 11) is 0. The normalized spacial score (nSPS) is 12.8. The van der Waals surface area contributed by atoms with Crippen LogP contribution in [0.1, 0.15) is 41.0 Å². The molecular weight excluding hydrogens is 372 g/mol. The second-order valence-electron chi connectivity index (χ2n) is 7.13. The Morgan fingerprint density at radius 2 is 2.04 bits per heavy atom. The SMILES string of the molecule is CCCn1c(SC(C)C(=O)NC(=O)NC(C)(C)C)nc2cc(Cl)ccc21. The molecule has 0 saturated carbocycles. The predicted octanol–water partition coefficient (Wildman–Crippen LogP) is 4.20. The average Bonchev–Trinajstić information content (AvgIpc) is 2.82. The molecule has 0 spiro atoms. The van der Waals surface area contributed by atoms with Crippen LogP contribution in [0.3, 0.4) is 0 Å². The number of hydrogen-bond donors (Lipinski definition) is 2. The van der Waals surface area contributed by atoms with E-state index in [1.807, 2.05) is 39.0 Å². The molecule has 2 rings (SSSR count). The Balaban J connectivity index is 2.15. The van der Waals surface area contributed by atoms with Crippen molar-refractivity contribution >= 4 is 46.3 Å². The van der Waals surface area contributed by atoms with Gasteiger partial charge in [0.2, 0.25) is 5.91 Å². The molecule has 0 aliphatic rings. The molecule has 0 radical (unpaired) electrons. The van der Waals surface area contributed by atoms with Gasteiger partial charge in [0, 0.05) is 17.1 Å². The number of carbonyl (C=O) groups is 2. The van der Waals surface area contributed by atoms with Gasteiger partial charge in [0.05, 0.1) is 16.3 Å². The Bertz CT molecular complexity index is 813. The maximum atomic E-state index is 12.3. The summed E-state index contributed by atoms with van der Waals surface area (Å²) in [5.41, 5.74) is 1.37. The van der Waals surface area contributed by atoms with E-state index in [4.69, 9.17) is 11.6 Å². The molecular formula is C18H25ClN4O2S. The molecule has 0 bridgehead atoms. The molecule has 2 aromatic rings. The minimum absolute atomic E-state index is 0.357. The number of hydrogen-bond acceptors (Lipinski definition) is 4. The number of carbonyl (C=O) groups excluding carboxylic acids is 2. The summed E-state index contributed by atoms with van der Waals surface area (Å²) in [5, 5.41) is 5.99. The fraction of sp³-hybridized carbons (Fsp3) is 0.500. The van der Waals surface area contributed by atoms with Gasteiger partial charge in [-0.15, -0.1) is 0 Å². The molecule has 1 atom stereocenters. The van der Waals surface area contributed by atoms with E-state index in [1.54, 1.807) is 6.92 Å². The molecule has 1 aromatic heterocycles. The van der Waals surface area contributed by atoms with Gasteiger partial charge < -0.3 is 9.88 Å². The number of rotatable bonds is 5. The van der Waals surface area contributed by atoms with E-state index in [0.717, 1.165) is 29.2 Å². The van der Waals surface area contributed by atoms with E-state index in [2.05, 4.69) is 27.1 Å². The second kappa shape index (κ2) is 8.31. The lowest BCUT2D eigenvalue weighted by Crippen LogP contribution is -2.49. The standard InChI is InChI=1S/C18H25ClN4O2S/c1-6-9-23-14-8-7-12(19)10-13(14)20-17(23)26-11(2)15(24)21-16(25)22-18(3,4)5/h7-8,10-11H,6,9H2,1-5H3,(H2,21,22,24,25). The molecule has 26 heavy (non-hydrogen) atoms. The number of halogens is 1. The third kappa shape index (κ3) is 5.38. The molecule has 1 heterocycles. The minimum atomic E-state index is -0.496. The Labute approximate surface area is 163 Å². The summed E-state index contributed by atoms with van der Waals surface area (Å²) < 4.78 is 2.08. The lowest BCUT2D eigenvalue weighted by Gasteiger charge is -2.21. The van der Waals surface area contributed by atoms with Crippen LogP contribution in [0.5, 0.6) is 0 Å². The average molecular weight is 397 g/mol. The lowest BCUT2D eigenvalue weighted by atomic mass is 10.1. The Kier molecular flexibility index (Phi) is 6.58. The molecule has 142 valence electrons. The maximum absolute atomic E-state index is 12.3. The molecule has 8 heteroatoms. The van der Waals surface area contributed by atoms with Crippen LogP contribution in [0, 0.1) is 0 Å². The molecule has 0 fully saturated rings. The van der Waals surface area contributed by atoms with Gasteiger partial charge >= 0.3 is 6.03 Å². The van der Waals surface area contributed by atoms with Gasteiger partial charge in [0.1, 0.15) is 0 Å². The number of benzene rings is 1. The molecule has 0 saturated heterocycles. The first-order valence-electron chi connectivity index (χ1n) is 8.56. The number of aryl methyl sites for hydroxylation is 1. The van der Waals surface area contributed by atoms with Crippen LogP contribution in [0.15, 0.2) is 23.4 Å². The van der Waals surface area contributed by atoms with Crippen molar-refractivity contribution in [3.63, 3.8) is 0 Å². The van der Waals surface area contributed by atoms with Crippen molar-refractivity contribution in [2.24, 2.45) is 0 Å². The van der Waals surface area contributed by atoms with Crippen molar-refractivity contribution in [1.29, 1.82) is 0 Å². The van der Waals surface area contributed by atoms with E-state index in [1.165, 1.54) is 11.8 Å². The number of aromatic nitrogens is 2. The monoisotopic (exact) mass is 396 g/mol. The summed E-state index contributed by atoms with van der Waals surface area (Å²) in [6.07, 6.45) is 0.941. The van der Waals surface area contributed by atoms with E-state index >= 15 is 0 Å². The molecule has 3 amide bonds. The molecule has 2 N–H and O–H groups in total. The van der Waals surface area contributed by atoms with Gasteiger partial charge in [0.15, 0.2) is 5.16 Å². The summed E-state index contributed by atoms with van der Waals surface area (Å²) in [5.74, 6) is -0.357. The number of imide groups is 1. The first-order chi connectivity index (χ1) is 12.1. The Hall–Kier alpha value is -1.73. The van der Waals surface area contributed by atoms with Gasteiger partial charge in [-0.3, -0.25) is 10.1 Å². The van der Waals surface area contributed by atoms with Gasteiger partial charge in [0.25, 0.3) is 0 Å². The third-order valence-electron chi connectivity index (χ3n) is 3.50. The highest BCUT2D eigenvalue weighted by molar-refractivity contribution is 8.00. The van der Waals surface area contributed by atoms with Gasteiger partial charge in [-0.1, -0.05) is 30.3 Å². The highest BCUT2D eigenvalue weighted by Gasteiger charge is 2.22. The zero-order chi connectivity index (χ0) is 19.5. The lowest BCUT2D eigenvalue weighted by molar-refractivity contribution is -0.119. The summed E-state index contributed by atoms with van der Waals surface area (Å²) in [6, 6.07) is 5.09. The molecule has 1 unspecified atom stereocenters. The van der Waals surface area contributed by atoms with Crippen molar-refractivity contribution in [3.8, 4) is 0 Å². The molecule has 1 aromatic carbocycles. The summed E-state index contributed by atoms with van der Waals surface area (Å²) in [6.45, 7) is 10.2. The topological polar surface area (TPSA) is 76.0 Å². The maximum Gasteiger partial charge on any atom is 0.321 e. The fourth-order valence-corrected chi connectivity index (χ4v) is 3.52. The van der Waals surface area contributed by atoms with Gasteiger partial charge in [-0.25, -0.2) is 9.78 Å².